The summed E-state index contributed by atoms with van der Waals surface area (Å²) in [6, 6.07) is 4.73. The van der Waals surface area contributed by atoms with Gasteiger partial charge in [-0.1, -0.05) is 18.9 Å². The van der Waals surface area contributed by atoms with Crippen molar-refractivity contribution in [2.24, 2.45) is 0 Å². The van der Waals surface area contributed by atoms with Gasteiger partial charge in [-0.3, -0.25) is 0 Å². The zero-order valence-electron chi connectivity index (χ0n) is 10.3. The maximum Gasteiger partial charge on any atom is 0.149 e. The van der Waals surface area contributed by atoms with Crippen LogP contribution in [-0.4, -0.2) is 25.2 Å². The number of nitrogens with zero attached hydrogens (tertiary/aromatic N) is 1. The van der Waals surface area contributed by atoms with Crippen molar-refractivity contribution in [3.05, 3.63) is 29.8 Å². The Bertz CT molecular complexity index is 414. The summed E-state index contributed by atoms with van der Waals surface area (Å²) in [5, 5.41) is 3.47. The van der Waals surface area contributed by atoms with Crippen LogP contribution in [0.3, 0.4) is 0 Å². The van der Waals surface area contributed by atoms with E-state index in [1.165, 1.54) is 24.6 Å². The van der Waals surface area contributed by atoms with E-state index >= 15 is 0 Å². The molecular weight excluding hydrogens is 234 g/mol. The third kappa shape index (κ3) is 1.99. The van der Waals surface area contributed by atoms with Crippen LogP contribution in [0.25, 0.3) is 0 Å². The van der Waals surface area contributed by atoms with Gasteiger partial charge in [0.15, 0.2) is 0 Å². The minimum absolute atomic E-state index is 0.163. The highest BCUT2D eigenvalue weighted by atomic mass is 19.1. The third-order valence-corrected chi connectivity index (χ3v) is 4.11. The molecule has 18 heavy (non-hydrogen) atoms. The summed E-state index contributed by atoms with van der Waals surface area (Å²) in [6.07, 6.45) is 4.49. The predicted octanol–water partition coefficient (Wildman–Crippen LogP) is 2.69. The van der Waals surface area contributed by atoms with E-state index in [2.05, 4.69) is 5.32 Å². The van der Waals surface area contributed by atoms with Crippen molar-refractivity contribution >= 4 is 5.69 Å². The van der Waals surface area contributed by atoms with E-state index in [0.29, 0.717) is 12.6 Å². The maximum absolute atomic E-state index is 13.9. The van der Waals surface area contributed by atoms with Gasteiger partial charge >= 0.3 is 0 Å². The number of fused-ring (bicyclic) bond motifs is 1. The molecule has 2 aliphatic rings. The van der Waals surface area contributed by atoms with Gasteiger partial charge in [0.1, 0.15) is 17.3 Å². The van der Waals surface area contributed by atoms with Crippen LogP contribution < -0.4 is 10.2 Å². The molecule has 1 aromatic carbocycles. The summed E-state index contributed by atoms with van der Waals surface area (Å²) >= 11 is 0. The Morgan fingerprint density at radius 1 is 1.11 bits per heavy atom. The van der Waals surface area contributed by atoms with E-state index in [-0.39, 0.29) is 11.7 Å². The van der Waals surface area contributed by atoms with Gasteiger partial charge in [-0.2, -0.15) is 0 Å². The van der Waals surface area contributed by atoms with E-state index < -0.39 is 11.6 Å². The lowest BCUT2D eigenvalue weighted by molar-refractivity contribution is 0.281. The minimum Gasteiger partial charge on any atom is -0.361 e. The van der Waals surface area contributed by atoms with Gasteiger partial charge in [-0.25, -0.2) is 8.78 Å². The Morgan fingerprint density at radius 2 is 1.83 bits per heavy atom. The molecule has 0 radical (unpaired) electrons. The molecule has 98 valence electrons. The van der Waals surface area contributed by atoms with Gasteiger partial charge in [0.05, 0.1) is 0 Å². The molecule has 2 fully saturated rings. The largest absolute Gasteiger partial charge is 0.361 e. The van der Waals surface area contributed by atoms with Crippen molar-refractivity contribution in [2.45, 2.75) is 37.8 Å². The lowest BCUT2D eigenvalue weighted by atomic mass is 9.87. The monoisotopic (exact) mass is 252 g/mol. The second-order valence-electron chi connectivity index (χ2n) is 5.18. The number of benzene rings is 1. The Balaban J connectivity index is 1.94. The lowest BCUT2D eigenvalue weighted by Crippen LogP contribution is -2.59. The first-order chi connectivity index (χ1) is 8.77. The molecule has 1 N–H and O–H groups in total. The van der Waals surface area contributed by atoms with Crippen molar-refractivity contribution in [3.63, 3.8) is 0 Å². The van der Waals surface area contributed by atoms with Gasteiger partial charge in [-0.05, 0) is 25.0 Å². The van der Waals surface area contributed by atoms with E-state index in [4.69, 9.17) is 0 Å². The normalized spacial score (nSPS) is 28.0. The second kappa shape index (κ2) is 4.84. The highest BCUT2D eigenvalue weighted by Crippen LogP contribution is 2.32. The van der Waals surface area contributed by atoms with Crippen molar-refractivity contribution in [3.8, 4) is 0 Å². The molecule has 2 atom stereocenters. The SMILES string of the molecule is Fc1cccc(F)c1N1CCN[C@H]2CCCC[C@H]21. The van der Waals surface area contributed by atoms with Crippen LogP contribution in [0.1, 0.15) is 25.7 Å². The Kier molecular flexibility index (Phi) is 3.20. The van der Waals surface area contributed by atoms with Crippen LogP contribution in [0.4, 0.5) is 14.5 Å². The molecule has 0 unspecified atom stereocenters. The Morgan fingerprint density at radius 3 is 2.61 bits per heavy atom. The lowest BCUT2D eigenvalue weighted by Gasteiger charge is -2.46. The summed E-state index contributed by atoms with van der Waals surface area (Å²) in [5.41, 5.74) is 0.163. The van der Waals surface area contributed by atoms with Crippen LogP contribution in [-0.2, 0) is 0 Å². The number of rotatable bonds is 1. The quantitative estimate of drug-likeness (QED) is 0.826. The maximum atomic E-state index is 13.9. The average molecular weight is 252 g/mol. The fourth-order valence-electron chi connectivity index (χ4n) is 3.30. The molecule has 0 amide bonds. The summed E-state index contributed by atoms with van der Waals surface area (Å²) in [7, 11) is 0. The second-order valence-corrected chi connectivity index (χ2v) is 5.18. The summed E-state index contributed by atoms with van der Waals surface area (Å²) < 4.78 is 27.8. The Hall–Kier alpha value is -1.16. The number of piperazine rings is 1. The summed E-state index contributed by atoms with van der Waals surface area (Å²) in [6.45, 7) is 1.48. The highest BCUT2D eigenvalue weighted by molar-refractivity contribution is 5.51. The molecule has 0 bridgehead atoms. The van der Waals surface area contributed by atoms with E-state index in [0.717, 1.165) is 25.8 Å². The average Bonchev–Trinajstić information content (AvgIpc) is 2.39. The third-order valence-electron chi connectivity index (χ3n) is 4.11. The number of hydrogen-bond donors (Lipinski definition) is 1. The van der Waals surface area contributed by atoms with Crippen LogP contribution in [0.2, 0.25) is 0 Å². The molecule has 1 saturated carbocycles. The number of anilines is 1. The molecule has 1 aliphatic carbocycles. The van der Waals surface area contributed by atoms with Crippen LogP contribution >= 0.6 is 0 Å². The standard InChI is InChI=1S/C14H18F2N2/c15-10-4-3-5-11(16)14(10)18-9-8-17-12-6-1-2-7-13(12)18/h3-5,12-13,17H,1-2,6-9H2/t12-,13+/m0/s1. The van der Waals surface area contributed by atoms with Gasteiger partial charge in [0, 0.05) is 25.2 Å². The van der Waals surface area contributed by atoms with Crippen molar-refractivity contribution in [2.75, 3.05) is 18.0 Å². The van der Waals surface area contributed by atoms with Crippen molar-refractivity contribution in [1.82, 2.24) is 5.32 Å². The zero-order valence-corrected chi connectivity index (χ0v) is 10.3. The van der Waals surface area contributed by atoms with E-state index in [1.807, 2.05) is 4.90 Å². The van der Waals surface area contributed by atoms with Crippen molar-refractivity contribution < 1.29 is 8.78 Å². The number of para-hydroxylation sites is 1. The predicted molar refractivity (Wildman–Crippen MR) is 67.8 cm³/mol. The van der Waals surface area contributed by atoms with Crippen LogP contribution in [0, 0.1) is 11.6 Å². The summed E-state index contributed by atoms with van der Waals surface area (Å²) in [4.78, 5) is 1.94. The molecule has 0 aromatic heterocycles. The molecule has 1 aliphatic heterocycles. The highest BCUT2D eigenvalue weighted by Gasteiger charge is 2.35. The van der Waals surface area contributed by atoms with Gasteiger partial charge in [0.25, 0.3) is 0 Å². The molecule has 1 heterocycles. The molecular formula is C14H18F2N2. The van der Waals surface area contributed by atoms with Gasteiger partial charge in [-0.15, -0.1) is 0 Å². The first-order valence-electron chi connectivity index (χ1n) is 6.71. The molecule has 2 nitrogen and oxygen atoms in total. The van der Waals surface area contributed by atoms with Gasteiger partial charge < -0.3 is 10.2 Å². The first kappa shape index (κ1) is 11.9. The van der Waals surface area contributed by atoms with Crippen LogP contribution in [0.15, 0.2) is 18.2 Å². The first-order valence-corrected chi connectivity index (χ1v) is 6.71. The van der Waals surface area contributed by atoms with Gasteiger partial charge in [0.2, 0.25) is 0 Å². The number of nitrogens with one attached hydrogen (secondary N) is 1. The van der Waals surface area contributed by atoms with Crippen molar-refractivity contribution in [1.29, 1.82) is 0 Å². The topological polar surface area (TPSA) is 15.3 Å². The number of hydrogen-bond acceptors (Lipinski definition) is 2. The molecule has 0 spiro atoms. The fraction of sp³-hybridized carbons (Fsp3) is 0.571. The van der Waals surface area contributed by atoms with E-state index in [1.54, 1.807) is 0 Å². The van der Waals surface area contributed by atoms with E-state index in [9.17, 15) is 8.78 Å². The molecule has 1 saturated heterocycles. The molecule has 4 heteroatoms. The molecule has 3 rings (SSSR count). The number of halogens is 2. The fourth-order valence-corrected chi connectivity index (χ4v) is 3.30. The Labute approximate surface area is 106 Å². The summed E-state index contributed by atoms with van der Waals surface area (Å²) in [5.74, 6) is -0.887. The zero-order chi connectivity index (χ0) is 12.5. The molecule has 1 aromatic rings. The minimum atomic E-state index is -0.443. The van der Waals surface area contributed by atoms with Crippen LogP contribution in [0.5, 0.6) is 0 Å². The smallest absolute Gasteiger partial charge is 0.149 e.